The van der Waals surface area contributed by atoms with Crippen LogP contribution in [0.2, 0.25) is 0 Å². The molecule has 0 amide bonds. The molecule has 0 aromatic rings. The lowest BCUT2D eigenvalue weighted by Gasteiger charge is -2.58. The number of nitriles is 1. The Kier molecular flexibility index (Phi) is 2.07. The van der Waals surface area contributed by atoms with E-state index in [2.05, 4.69) is 6.07 Å². The minimum Gasteiger partial charge on any atom is -0.330 e. The molecule has 0 saturated heterocycles. The lowest BCUT2D eigenvalue weighted by Crippen LogP contribution is -2.52. The van der Waals surface area contributed by atoms with Crippen molar-refractivity contribution in [3.05, 3.63) is 0 Å². The summed E-state index contributed by atoms with van der Waals surface area (Å²) in [6.45, 7) is 0.690. The maximum absolute atomic E-state index is 9.57. The molecule has 4 fully saturated rings. The normalized spacial score (nSPS) is 51.7. The average molecular weight is 204 g/mol. The molecule has 0 unspecified atom stereocenters. The van der Waals surface area contributed by atoms with Crippen LogP contribution < -0.4 is 5.73 Å². The van der Waals surface area contributed by atoms with E-state index >= 15 is 0 Å². The van der Waals surface area contributed by atoms with Gasteiger partial charge in [-0.1, -0.05) is 0 Å². The predicted molar refractivity (Wildman–Crippen MR) is 58.8 cm³/mol. The predicted octanol–water partition coefficient (Wildman–Crippen LogP) is 2.30. The average Bonchev–Trinajstić information content (AvgIpc) is 2.23. The van der Waals surface area contributed by atoms with Crippen LogP contribution in [0.25, 0.3) is 0 Å². The molecule has 0 aliphatic heterocycles. The molecule has 4 aliphatic carbocycles. The number of nitrogens with two attached hydrogens (primary N) is 1. The van der Waals surface area contributed by atoms with Crippen molar-refractivity contribution in [2.45, 2.75) is 38.5 Å². The Bertz CT molecular complexity index is 274. The van der Waals surface area contributed by atoms with E-state index in [0.717, 1.165) is 18.3 Å². The second kappa shape index (κ2) is 3.22. The second-order valence-corrected chi connectivity index (χ2v) is 6.00. The fourth-order valence-corrected chi connectivity index (χ4v) is 4.91. The summed E-state index contributed by atoms with van der Waals surface area (Å²) >= 11 is 0. The fraction of sp³-hybridized carbons (Fsp3) is 0.923. The molecule has 4 aliphatic rings. The number of hydrogen-bond donors (Lipinski definition) is 1. The highest BCUT2D eigenvalue weighted by Gasteiger charge is 2.56. The van der Waals surface area contributed by atoms with Gasteiger partial charge < -0.3 is 5.73 Å². The number of rotatable bonds is 2. The van der Waals surface area contributed by atoms with Crippen molar-refractivity contribution in [1.29, 1.82) is 5.26 Å². The largest absolute Gasteiger partial charge is 0.330 e. The summed E-state index contributed by atoms with van der Waals surface area (Å²) in [5.41, 5.74) is 5.69. The molecular weight excluding hydrogens is 184 g/mol. The Balaban J connectivity index is 1.93. The summed E-state index contributed by atoms with van der Waals surface area (Å²) in [7, 11) is 0. The van der Waals surface area contributed by atoms with Gasteiger partial charge in [-0.2, -0.15) is 5.26 Å². The third-order valence-corrected chi connectivity index (χ3v) is 5.36. The first-order chi connectivity index (χ1) is 7.28. The van der Waals surface area contributed by atoms with Gasteiger partial charge >= 0.3 is 0 Å². The van der Waals surface area contributed by atoms with Crippen molar-refractivity contribution in [1.82, 2.24) is 0 Å². The maximum atomic E-state index is 9.57. The zero-order chi connectivity index (χ0) is 10.5. The molecule has 4 bridgehead atoms. The molecule has 2 heteroatoms. The van der Waals surface area contributed by atoms with Crippen LogP contribution in [0, 0.1) is 40.4 Å². The van der Waals surface area contributed by atoms with Gasteiger partial charge in [0.25, 0.3) is 0 Å². The molecule has 15 heavy (non-hydrogen) atoms. The van der Waals surface area contributed by atoms with Crippen LogP contribution >= 0.6 is 0 Å². The monoisotopic (exact) mass is 204 g/mol. The van der Waals surface area contributed by atoms with Gasteiger partial charge in [0, 0.05) is 0 Å². The van der Waals surface area contributed by atoms with E-state index in [4.69, 9.17) is 5.73 Å². The molecule has 2 N–H and O–H groups in total. The molecule has 4 saturated carbocycles. The van der Waals surface area contributed by atoms with Gasteiger partial charge in [-0.05, 0) is 68.7 Å². The minimum atomic E-state index is -0.0256. The summed E-state index contributed by atoms with van der Waals surface area (Å²) in [5.74, 6) is 3.27. The second-order valence-electron chi connectivity index (χ2n) is 6.00. The summed E-state index contributed by atoms with van der Waals surface area (Å²) in [4.78, 5) is 0. The lowest BCUT2D eigenvalue weighted by atomic mass is 9.45. The van der Waals surface area contributed by atoms with E-state index in [1.54, 1.807) is 0 Å². The van der Waals surface area contributed by atoms with Crippen molar-refractivity contribution in [2.24, 2.45) is 34.8 Å². The summed E-state index contributed by atoms with van der Waals surface area (Å²) in [6, 6.07) is 2.68. The van der Waals surface area contributed by atoms with Crippen LogP contribution in [-0.2, 0) is 0 Å². The SMILES string of the molecule is N#CC1(CCN)C2CC3CC(C2)CC1C3. The van der Waals surface area contributed by atoms with Crippen LogP contribution in [0.3, 0.4) is 0 Å². The first kappa shape index (κ1) is 9.66. The molecule has 4 rings (SSSR count). The molecule has 0 aromatic heterocycles. The van der Waals surface area contributed by atoms with Crippen LogP contribution in [0.4, 0.5) is 0 Å². The third kappa shape index (κ3) is 1.19. The Morgan fingerprint density at radius 3 is 2.00 bits per heavy atom. The third-order valence-electron chi connectivity index (χ3n) is 5.36. The van der Waals surface area contributed by atoms with Crippen LogP contribution in [0.15, 0.2) is 0 Å². The Hall–Kier alpha value is -0.550. The van der Waals surface area contributed by atoms with Gasteiger partial charge in [0.05, 0.1) is 11.5 Å². The van der Waals surface area contributed by atoms with Crippen molar-refractivity contribution in [2.75, 3.05) is 6.54 Å². The van der Waals surface area contributed by atoms with Crippen LogP contribution in [0.5, 0.6) is 0 Å². The Labute approximate surface area is 91.8 Å². The molecule has 0 aromatic carbocycles. The molecule has 0 radical (unpaired) electrons. The van der Waals surface area contributed by atoms with Gasteiger partial charge in [0.15, 0.2) is 0 Å². The van der Waals surface area contributed by atoms with Gasteiger partial charge in [-0.3, -0.25) is 0 Å². The van der Waals surface area contributed by atoms with E-state index in [1.807, 2.05) is 0 Å². The summed E-state index contributed by atoms with van der Waals surface area (Å²) in [5, 5.41) is 9.57. The van der Waals surface area contributed by atoms with Crippen molar-refractivity contribution in [3.63, 3.8) is 0 Å². The van der Waals surface area contributed by atoms with Crippen molar-refractivity contribution < 1.29 is 0 Å². The highest BCUT2D eigenvalue weighted by atomic mass is 14.6. The zero-order valence-electron chi connectivity index (χ0n) is 9.28. The number of nitrogens with zero attached hydrogens (tertiary/aromatic N) is 1. The Morgan fingerprint density at radius 1 is 1.07 bits per heavy atom. The van der Waals surface area contributed by atoms with E-state index in [-0.39, 0.29) is 5.41 Å². The first-order valence-corrected chi connectivity index (χ1v) is 6.40. The molecule has 0 heterocycles. The summed E-state index contributed by atoms with van der Waals surface area (Å²) in [6.07, 6.45) is 7.68. The first-order valence-electron chi connectivity index (χ1n) is 6.40. The highest BCUT2D eigenvalue weighted by molar-refractivity contribution is 5.15. The van der Waals surface area contributed by atoms with Crippen molar-refractivity contribution >= 4 is 0 Å². The van der Waals surface area contributed by atoms with Crippen molar-refractivity contribution in [3.8, 4) is 6.07 Å². The van der Waals surface area contributed by atoms with Gasteiger partial charge in [0.1, 0.15) is 0 Å². The molecule has 0 spiro atoms. The smallest absolute Gasteiger partial charge is 0.0696 e. The number of hydrogen-bond acceptors (Lipinski definition) is 2. The minimum absolute atomic E-state index is 0.0256. The fourth-order valence-electron chi connectivity index (χ4n) is 4.91. The molecular formula is C13H20N2. The lowest BCUT2D eigenvalue weighted by molar-refractivity contribution is -0.0790. The van der Waals surface area contributed by atoms with E-state index in [1.165, 1.54) is 32.1 Å². The van der Waals surface area contributed by atoms with E-state index < -0.39 is 0 Å². The summed E-state index contributed by atoms with van der Waals surface area (Å²) < 4.78 is 0. The Morgan fingerprint density at radius 2 is 1.60 bits per heavy atom. The zero-order valence-corrected chi connectivity index (χ0v) is 9.28. The van der Waals surface area contributed by atoms with Gasteiger partial charge in [0.2, 0.25) is 0 Å². The van der Waals surface area contributed by atoms with Crippen LogP contribution in [-0.4, -0.2) is 6.54 Å². The molecule has 2 nitrogen and oxygen atoms in total. The topological polar surface area (TPSA) is 49.8 Å². The standard InChI is InChI=1S/C13H20N2/c14-2-1-13(8-15)11-4-9-3-10(6-11)7-12(13)5-9/h9-12H,1-7,14H2. The van der Waals surface area contributed by atoms with E-state index in [0.29, 0.717) is 18.4 Å². The van der Waals surface area contributed by atoms with E-state index in [9.17, 15) is 5.26 Å². The molecule has 82 valence electrons. The quantitative estimate of drug-likeness (QED) is 0.750. The highest BCUT2D eigenvalue weighted by Crippen LogP contribution is 2.63. The van der Waals surface area contributed by atoms with Gasteiger partial charge in [-0.25, -0.2) is 0 Å². The molecule has 0 atom stereocenters. The van der Waals surface area contributed by atoms with Gasteiger partial charge in [-0.15, -0.1) is 0 Å². The maximum Gasteiger partial charge on any atom is 0.0696 e. The van der Waals surface area contributed by atoms with Crippen LogP contribution in [0.1, 0.15) is 38.5 Å².